The SMILES string of the molecule is CCN=c1scc(-c2cccc(Cl)c2)n1N=CC1CC=CCC1. The van der Waals surface area contributed by atoms with Crippen LogP contribution in [0.2, 0.25) is 5.02 Å². The number of halogens is 1. The van der Waals surface area contributed by atoms with Crippen molar-refractivity contribution in [1.82, 2.24) is 4.68 Å². The fourth-order valence-electron chi connectivity index (χ4n) is 2.61. The number of rotatable bonds is 4. The van der Waals surface area contributed by atoms with E-state index in [9.17, 15) is 0 Å². The Balaban J connectivity index is 1.99. The monoisotopic (exact) mass is 345 g/mol. The minimum absolute atomic E-state index is 0.508. The molecule has 1 aliphatic rings. The van der Waals surface area contributed by atoms with Gasteiger partial charge in [0.25, 0.3) is 0 Å². The Bertz CT molecular complexity index is 786. The molecule has 120 valence electrons. The van der Waals surface area contributed by atoms with Gasteiger partial charge in [-0.1, -0.05) is 35.9 Å². The van der Waals surface area contributed by atoms with Crippen LogP contribution in [0.5, 0.6) is 0 Å². The van der Waals surface area contributed by atoms with Crippen LogP contribution in [0, 0.1) is 5.92 Å². The summed E-state index contributed by atoms with van der Waals surface area (Å²) < 4.78 is 1.94. The highest BCUT2D eigenvalue weighted by Crippen LogP contribution is 2.23. The smallest absolute Gasteiger partial charge is 0.206 e. The Kier molecular flexibility index (Phi) is 5.47. The third kappa shape index (κ3) is 4.01. The molecule has 1 aromatic heterocycles. The van der Waals surface area contributed by atoms with E-state index >= 15 is 0 Å². The van der Waals surface area contributed by atoms with Gasteiger partial charge < -0.3 is 0 Å². The molecule has 0 radical (unpaired) electrons. The highest BCUT2D eigenvalue weighted by Gasteiger charge is 2.10. The van der Waals surface area contributed by atoms with Gasteiger partial charge in [0.05, 0.1) is 5.69 Å². The maximum Gasteiger partial charge on any atom is 0.206 e. The summed E-state index contributed by atoms with van der Waals surface area (Å²) >= 11 is 7.75. The molecule has 3 rings (SSSR count). The molecule has 0 amide bonds. The second-order valence-electron chi connectivity index (χ2n) is 5.51. The molecule has 0 bridgehead atoms. The number of thiazole rings is 1. The molecule has 0 spiro atoms. The summed E-state index contributed by atoms with van der Waals surface area (Å²) in [4.78, 5) is 5.48. The maximum atomic E-state index is 6.14. The van der Waals surface area contributed by atoms with Gasteiger partial charge in [0.1, 0.15) is 0 Å². The van der Waals surface area contributed by atoms with E-state index < -0.39 is 0 Å². The second kappa shape index (κ2) is 7.75. The van der Waals surface area contributed by atoms with Crippen molar-refractivity contribution in [2.75, 3.05) is 6.54 Å². The van der Waals surface area contributed by atoms with Crippen LogP contribution < -0.4 is 4.80 Å². The second-order valence-corrected chi connectivity index (χ2v) is 6.78. The molecule has 0 aliphatic heterocycles. The summed E-state index contributed by atoms with van der Waals surface area (Å²) in [5.41, 5.74) is 2.10. The van der Waals surface area contributed by atoms with E-state index in [2.05, 4.69) is 34.8 Å². The minimum atomic E-state index is 0.508. The van der Waals surface area contributed by atoms with Crippen LogP contribution in [0.15, 0.2) is 51.9 Å². The summed E-state index contributed by atoms with van der Waals surface area (Å²) in [6.45, 7) is 2.79. The van der Waals surface area contributed by atoms with Crippen LogP contribution in [-0.2, 0) is 0 Å². The van der Waals surface area contributed by atoms with E-state index in [0.717, 1.165) is 46.9 Å². The van der Waals surface area contributed by atoms with E-state index in [1.807, 2.05) is 29.8 Å². The molecule has 5 heteroatoms. The summed E-state index contributed by atoms with van der Waals surface area (Å²) in [5, 5.41) is 7.57. The quantitative estimate of drug-likeness (QED) is 0.552. The Morgan fingerprint density at radius 3 is 3.04 bits per heavy atom. The number of hydrogen-bond acceptors (Lipinski definition) is 3. The zero-order chi connectivity index (χ0) is 16.1. The number of allylic oxidation sites excluding steroid dienone is 2. The van der Waals surface area contributed by atoms with E-state index in [1.165, 1.54) is 0 Å². The summed E-state index contributed by atoms with van der Waals surface area (Å²) in [6.07, 6.45) is 9.93. The van der Waals surface area contributed by atoms with Gasteiger partial charge in [-0.05, 0) is 44.2 Å². The van der Waals surface area contributed by atoms with Crippen molar-refractivity contribution in [3.05, 3.63) is 51.6 Å². The fourth-order valence-corrected chi connectivity index (χ4v) is 3.71. The average Bonchev–Trinajstić information content (AvgIpc) is 2.97. The van der Waals surface area contributed by atoms with Crippen LogP contribution in [0.25, 0.3) is 11.3 Å². The summed E-state index contributed by atoms with van der Waals surface area (Å²) in [7, 11) is 0. The Hall–Kier alpha value is -1.65. The normalized spacial score (nSPS) is 18.9. The van der Waals surface area contributed by atoms with Gasteiger partial charge in [-0.15, -0.1) is 11.3 Å². The van der Waals surface area contributed by atoms with Gasteiger partial charge >= 0.3 is 0 Å². The summed E-state index contributed by atoms with van der Waals surface area (Å²) in [6, 6.07) is 7.87. The molecular formula is C18H20ClN3S. The molecule has 1 aromatic carbocycles. The largest absolute Gasteiger partial charge is 0.258 e. The third-order valence-corrected chi connectivity index (χ3v) is 4.89. The lowest BCUT2D eigenvalue weighted by molar-refractivity contribution is 0.621. The maximum absolute atomic E-state index is 6.14. The number of nitrogens with zero attached hydrogens (tertiary/aromatic N) is 3. The molecule has 1 unspecified atom stereocenters. The first-order valence-electron chi connectivity index (χ1n) is 7.94. The van der Waals surface area contributed by atoms with Crippen molar-refractivity contribution in [2.24, 2.45) is 16.0 Å². The molecule has 0 saturated carbocycles. The number of benzene rings is 1. The first-order chi connectivity index (χ1) is 11.3. The van der Waals surface area contributed by atoms with Crippen molar-refractivity contribution >= 4 is 29.2 Å². The highest BCUT2D eigenvalue weighted by atomic mass is 35.5. The van der Waals surface area contributed by atoms with Crippen LogP contribution in [0.1, 0.15) is 26.2 Å². The molecule has 1 heterocycles. The van der Waals surface area contributed by atoms with Crippen molar-refractivity contribution in [2.45, 2.75) is 26.2 Å². The number of aromatic nitrogens is 1. The lowest BCUT2D eigenvalue weighted by Crippen LogP contribution is -2.14. The van der Waals surface area contributed by atoms with Gasteiger partial charge in [0, 0.05) is 28.7 Å². The molecule has 0 fully saturated rings. The molecule has 1 atom stereocenters. The van der Waals surface area contributed by atoms with Crippen LogP contribution in [0.4, 0.5) is 0 Å². The molecule has 1 aliphatic carbocycles. The van der Waals surface area contributed by atoms with E-state index in [1.54, 1.807) is 11.3 Å². The minimum Gasteiger partial charge on any atom is -0.258 e. The zero-order valence-corrected chi connectivity index (χ0v) is 14.7. The van der Waals surface area contributed by atoms with Gasteiger partial charge in [-0.25, -0.2) is 4.68 Å². The van der Waals surface area contributed by atoms with Gasteiger partial charge in [0.2, 0.25) is 4.80 Å². The molecule has 3 nitrogen and oxygen atoms in total. The standard InChI is InChI=1S/C18H20ClN3S/c1-2-20-18-22(21-12-14-7-4-3-5-8-14)17(13-23-18)15-9-6-10-16(19)11-15/h3-4,6,9-14H,2,5,7-8H2,1H3. The Morgan fingerprint density at radius 2 is 2.30 bits per heavy atom. The first kappa shape index (κ1) is 16.2. The third-order valence-electron chi connectivity index (χ3n) is 3.80. The topological polar surface area (TPSA) is 29.6 Å². The van der Waals surface area contributed by atoms with Crippen LogP contribution in [-0.4, -0.2) is 17.4 Å². The van der Waals surface area contributed by atoms with Crippen molar-refractivity contribution in [3.63, 3.8) is 0 Å². The average molecular weight is 346 g/mol. The van der Waals surface area contributed by atoms with Crippen molar-refractivity contribution in [1.29, 1.82) is 0 Å². The highest BCUT2D eigenvalue weighted by molar-refractivity contribution is 7.07. The zero-order valence-electron chi connectivity index (χ0n) is 13.2. The molecule has 23 heavy (non-hydrogen) atoms. The van der Waals surface area contributed by atoms with Crippen molar-refractivity contribution < 1.29 is 0 Å². The van der Waals surface area contributed by atoms with Gasteiger partial charge in [-0.2, -0.15) is 5.10 Å². The van der Waals surface area contributed by atoms with Gasteiger partial charge in [-0.3, -0.25) is 4.99 Å². The van der Waals surface area contributed by atoms with Crippen LogP contribution >= 0.6 is 22.9 Å². The molecule has 0 N–H and O–H groups in total. The predicted octanol–water partition coefficient (Wildman–Crippen LogP) is 4.98. The Labute approximate surface area is 145 Å². The van der Waals surface area contributed by atoms with Crippen LogP contribution in [0.3, 0.4) is 0 Å². The molecule has 0 saturated heterocycles. The van der Waals surface area contributed by atoms with E-state index in [0.29, 0.717) is 5.92 Å². The first-order valence-corrected chi connectivity index (χ1v) is 9.20. The molecular weight excluding hydrogens is 326 g/mol. The predicted molar refractivity (Wildman–Crippen MR) is 99.2 cm³/mol. The van der Waals surface area contributed by atoms with E-state index in [-0.39, 0.29) is 0 Å². The Morgan fingerprint density at radius 1 is 1.39 bits per heavy atom. The van der Waals surface area contributed by atoms with Crippen molar-refractivity contribution in [3.8, 4) is 11.3 Å². The summed E-state index contributed by atoms with van der Waals surface area (Å²) in [5.74, 6) is 0.508. The van der Waals surface area contributed by atoms with E-state index in [4.69, 9.17) is 16.7 Å². The molecule has 2 aromatic rings. The number of hydrogen-bond donors (Lipinski definition) is 0. The van der Waals surface area contributed by atoms with Gasteiger partial charge in [0.15, 0.2) is 0 Å². The fraction of sp³-hybridized carbons (Fsp3) is 0.333. The lowest BCUT2D eigenvalue weighted by Gasteiger charge is -2.12. The lowest BCUT2D eigenvalue weighted by atomic mass is 9.96.